The summed E-state index contributed by atoms with van der Waals surface area (Å²) in [7, 11) is 0. The van der Waals surface area contributed by atoms with Crippen molar-refractivity contribution in [3.8, 4) is 11.1 Å². The average molecular weight is 403 g/mol. The maximum absolute atomic E-state index is 14.2. The Morgan fingerprint density at radius 2 is 1.77 bits per heavy atom. The van der Waals surface area contributed by atoms with Gasteiger partial charge in [-0.25, -0.2) is 4.39 Å². The SMILES string of the molecule is O=C(c1cccc(-c2ccccc2F)c1)N1CCC[C@](CO)(Cc2ccccc2)C1. The van der Waals surface area contributed by atoms with E-state index in [2.05, 4.69) is 12.1 Å². The van der Waals surface area contributed by atoms with Crippen LogP contribution in [0.2, 0.25) is 0 Å². The van der Waals surface area contributed by atoms with Gasteiger partial charge in [0.05, 0.1) is 6.61 Å². The molecule has 30 heavy (non-hydrogen) atoms. The molecule has 0 aromatic heterocycles. The molecule has 0 spiro atoms. The van der Waals surface area contributed by atoms with E-state index in [0.29, 0.717) is 29.8 Å². The molecule has 1 saturated heterocycles. The second-order valence-electron chi connectivity index (χ2n) is 8.21. The molecule has 0 radical (unpaired) electrons. The van der Waals surface area contributed by atoms with E-state index in [1.54, 1.807) is 36.4 Å². The number of carbonyl (C=O) groups is 1. The summed E-state index contributed by atoms with van der Waals surface area (Å²) in [4.78, 5) is 15.1. The Morgan fingerprint density at radius 1 is 1.00 bits per heavy atom. The summed E-state index contributed by atoms with van der Waals surface area (Å²) in [6.07, 6.45) is 2.48. The molecule has 4 heteroatoms. The lowest BCUT2D eigenvalue weighted by Crippen LogP contribution is -2.49. The van der Waals surface area contributed by atoms with Gasteiger partial charge >= 0.3 is 0 Å². The number of halogens is 1. The quantitative estimate of drug-likeness (QED) is 0.655. The van der Waals surface area contributed by atoms with E-state index in [9.17, 15) is 14.3 Å². The molecule has 0 aliphatic carbocycles. The number of rotatable bonds is 5. The standard InChI is InChI=1S/C26H26FNO2/c27-24-13-5-4-12-23(24)21-10-6-11-22(16-21)25(30)28-15-7-14-26(18-28,19-29)17-20-8-2-1-3-9-20/h1-6,8-13,16,29H,7,14-15,17-19H2/t26-/m0/s1. The third-order valence-corrected chi connectivity index (χ3v) is 6.00. The maximum Gasteiger partial charge on any atom is 0.253 e. The lowest BCUT2D eigenvalue weighted by atomic mass is 9.75. The highest BCUT2D eigenvalue weighted by atomic mass is 19.1. The fraction of sp³-hybridized carbons (Fsp3) is 0.269. The Labute approximate surface area is 176 Å². The zero-order valence-electron chi connectivity index (χ0n) is 16.9. The normalized spacial score (nSPS) is 18.9. The molecule has 1 amide bonds. The highest BCUT2D eigenvalue weighted by Crippen LogP contribution is 2.34. The number of benzene rings is 3. The number of aliphatic hydroxyl groups is 1. The molecule has 154 valence electrons. The molecule has 1 N–H and O–H groups in total. The first-order valence-corrected chi connectivity index (χ1v) is 10.4. The first kappa shape index (κ1) is 20.3. The topological polar surface area (TPSA) is 40.5 Å². The van der Waals surface area contributed by atoms with Crippen molar-refractivity contribution in [2.24, 2.45) is 5.41 Å². The fourth-order valence-corrected chi connectivity index (χ4v) is 4.44. The molecule has 1 heterocycles. The van der Waals surface area contributed by atoms with Gasteiger partial charge in [-0.15, -0.1) is 0 Å². The van der Waals surface area contributed by atoms with Gasteiger partial charge in [-0.3, -0.25) is 4.79 Å². The van der Waals surface area contributed by atoms with E-state index in [1.165, 1.54) is 11.6 Å². The Balaban J connectivity index is 1.56. The third kappa shape index (κ3) is 4.29. The van der Waals surface area contributed by atoms with E-state index in [1.807, 2.05) is 29.2 Å². The van der Waals surface area contributed by atoms with Crippen molar-refractivity contribution in [2.75, 3.05) is 19.7 Å². The summed E-state index contributed by atoms with van der Waals surface area (Å²) in [5, 5.41) is 10.2. The van der Waals surface area contributed by atoms with Crippen LogP contribution >= 0.6 is 0 Å². The summed E-state index contributed by atoms with van der Waals surface area (Å²) in [5.41, 5.74) is 2.55. The van der Waals surface area contributed by atoms with Crippen LogP contribution in [-0.2, 0) is 6.42 Å². The summed E-state index contributed by atoms with van der Waals surface area (Å²) in [6, 6.07) is 23.8. The number of nitrogens with zero attached hydrogens (tertiary/aromatic N) is 1. The molecule has 1 aliphatic heterocycles. The molecule has 3 aromatic rings. The summed E-state index contributed by atoms with van der Waals surface area (Å²) in [6.45, 7) is 1.22. The van der Waals surface area contributed by atoms with Crippen LogP contribution in [0.5, 0.6) is 0 Å². The Hall–Kier alpha value is -2.98. The smallest absolute Gasteiger partial charge is 0.253 e. The van der Waals surface area contributed by atoms with Crippen molar-refractivity contribution < 1.29 is 14.3 Å². The third-order valence-electron chi connectivity index (χ3n) is 6.00. The van der Waals surface area contributed by atoms with E-state index in [4.69, 9.17) is 0 Å². The highest BCUT2D eigenvalue weighted by molar-refractivity contribution is 5.95. The first-order valence-electron chi connectivity index (χ1n) is 10.4. The van der Waals surface area contributed by atoms with Gasteiger partial charge in [-0.05, 0) is 48.6 Å². The van der Waals surface area contributed by atoms with Gasteiger partial charge in [0, 0.05) is 29.6 Å². The summed E-state index contributed by atoms with van der Waals surface area (Å²) >= 11 is 0. The molecule has 1 fully saturated rings. The van der Waals surface area contributed by atoms with Crippen molar-refractivity contribution in [3.05, 3.63) is 95.8 Å². The second kappa shape index (κ2) is 8.80. The molecule has 3 aromatic carbocycles. The van der Waals surface area contributed by atoms with Crippen LogP contribution in [0.3, 0.4) is 0 Å². The zero-order chi connectivity index (χ0) is 21.0. The first-order chi connectivity index (χ1) is 14.6. The minimum absolute atomic E-state index is 0.0426. The molecule has 1 aliphatic rings. The van der Waals surface area contributed by atoms with Crippen molar-refractivity contribution in [3.63, 3.8) is 0 Å². The van der Waals surface area contributed by atoms with Gasteiger partial charge in [0.2, 0.25) is 0 Å². The van der Waals surface area contributed by atoms with Crippen LogP contribution in [0, 0.1) is 11.2 Å². The van der Waals surface area contributed by atoms with Crippen LogP contribution in [0.1, 0.15) is 28.8 Å². The van der Waals surface area contributed by atoms with Crippen LogP contribution in [0.15, 0.2) is 78.9 Å². The molecule has 0 saturated carbocycles. The van der Waals surface area contributed by atoms with E-state index >= 15 is 0 Å². The number of piperidine rings is 1. The highest BCUT2D eigenvalue weighted by Gasteiger charge is 2.37. The monoisotopic (exact) mass is 403 g/mol. The van der Waals surface area contributed by atoms with E-state index in [-0.39, 0.29) is 23.7 Å². The van der Waals surface area contributed by atoms with Crippen molar-refractivity contribution in [2.45, 2.75) is 19.3 Å². The van der Waals surface area contributed by atoms with E-state index in [0.717, 1.165) is 19.3 Å². The number of hydrogen-bond donors (Lipinski definition) is 1. The van der Waals surface area contributed by atoms with E-state index < -0.39 is 0 Å². The minimum Gasteiger partial charge on any atom is -0.396 e. The fourth-order valence-electron chi connectivity index (χ4n) is 4.44. The predicted molar refractivity (Wildman–Crippen MR) is 117 cm³/mol. The van der Waals surface area contributed by atoms with Crippen LogP contribution in [0.25, 0.3) is 11.1 Å². The summed E-state index contributed by atoms with van der Waals surface area (Å²) in [5.74, 6) is -0.374. The summed E-state index contributed by atoms with van der Waals surface area (Å²) < 4.78 is 14.2. The van der Waals surface area contributed by atoms with Gasteiger partial charge in [-0.2, -0.15) is 0 Å². The lowest BCUT2D eigenvalue weighted by Gasteiger charge is -2.42. The minimum atomic E-state index is -0.335. The van der Waals surface area contributed by atoms with Gasteiger partial charge < -0.3 is 10.0 Å². The zero-order valence-corrected chi connectivity index (χ0v) is 16.9. The molecular weight excluding hydrogens is 377 g/mol. The van der Waals surface area contributed by atoms with Crippen LogP contribution < -0.4 is 0 Å². The largest absolute Gasteiger partial charge is 0.396 e. The number of carbonyl (C=O) groups excluding carboxylic acids is 1. The number of hydrogen-bond acceptors (Lipinski definition) is 2. The van der Waals surface area contributed by atoms with Gasteiger partial charge in [0.25, 0.3) is 5.91 Å². The predicted octanol–water partition coefficient (Wildman–Crippen LogP) is 4.95. The molecule has 3 nitrogen and oxygen atoms in total. The van der Waals surface area contributed by atoms with Gasteiger partial charge in [-0.1, -0.05) is 60.7 Å². The molecule has 4 rings (SSSR count). The Bertz CT molecular complexity index is 1020. The number of aliphatic hydroxyl groups excluding tert-OH is 1. The molecule has 1 atom stereocenters. The Morgan fingerprint density at radius 3 is 2.53 bits per heavy atom. The average Bonchev–Trinajstić information content (AvgIpc) is 2.80. The van der Waals surface area contributed by atoms with Crippen molar-refractivity contribution in [1.82, 2.24) is 4.90 Å². The molecule has 0 bridgehead atoms. The van der Waals surface area contributed by atoms with Crippen LogP contribution in [-0.4, -0.2) is 35.6 Å². The maximum atomic E-state index is 14.2. The Kier molecular flexibility index (Phi) is 5.96. The lowest BCUT2D eigenvalue weighted by molar-refractivity contribution is 0.0272. The number of amides is 1. The van der Waals surface area contributed by atoms with Crippen LogP contribution in [0.4, 0.5) is 4.39 Å². The second-order valence-corrected chi connectivity index (χ2v) is 8.21. The van der Waals surface area contributed by atoms with Crippen molar-refractivity contribution in [1.29, 1.82) is 0 Å². The van der Waals surface area contributed by atoms with Gasteiger partial charge in [0.1, 0.15) is 5.82 Å². The molecule has 0 unspecified atom stereocenters. The molecular formula is C26H26FNO2. The van der Waals surface area contributed by atoms with Crippen molar-refractivity contribution >= 4 is 5.91 Å². The van der Waals surface area contributed by atoms with Gasteiger partial charge in [0.15, 0.2) is 0 Å². The number of likely N-dealkylation sites (tertiary alicyclic amines) is 1.